The van der Waals surface area contributed by atoms with Crippen LogP contribution in [0.4, 0.5) is 10.7 Å². The molecular weight excluding hydrogens is 508 g/mol. The molecule has 8 heteroatoms. The Morgan fingerprint density at radius 2 is 1.74 bits per heavy atom. The van der Waals surface area contributed by atoms with Crippen molar-refractivity contribution in [1.82, 2.24) is 9.55 Å². The SMILES string of the molecule is CC(=O)Nc1ccc(-c2cc(-c3nc4ccccc4c(=O)n3-c3cccc(C)c3)sc2N2CCOCC2)cc1. The van der Waals surface area contributed by atoms with Gasteiger partial charge in [-0.1, -0.05) is 36.4 Å². The Hall–Kier alpha value is -4.27. The van der Waals surface area contributed by atoms with Gasteiger partial charge in [-0.05, 0) is 60.5 Å². The van der Waals surface area contributed by atoms with Crippen LogP contribution < -0.4 is 15.8 Å². The first-order valence-electron chi connectivity index (χ1n) is 12.9. The van der Waals surface area contributed by atoms with Gasteiger partial charge in [-0.25, -0.2) is 4.98 Å². The number of hydrogen-bond acceptors (Lipinski definition) is 6. The van der Waals surface area contributed by atoms with Crippen molar-refractivity contribution in [3.05, 3.63) is 94.8 Å². The number of aryl methyl sites for hydroxylation is 1. The minimum Gasteiger partial charge on any atom is -0.378 e. The minimum atomic E-state index is -0.105. The second-order valence-corrected chi connectivity index (χ2v) is 10.7. The maximum atomic E-state index is 13.9. The number of hydrogen-bond donors (Lipinski definition) is 1. The molecule has 6 rings (SSSR count). The van der Waals surface area contributed by atoms with E-state index in [1.165, 1.54) is 6.92 Å². The van der Waals surface area contributed by atoms with E-state index in [0.29, 0.717) is 29.9 Å². The van der Waals surface area contributed by atoms with Crippen molar-refractivity contribution in [3.8, 4) is 27.5 Å². The lowest BCUT2D eigenvalue weighted by Crippen LogP contribution is -2.35. The number of ether oxygens (including phenoxy) is 1. The Morgan fingerprint density at radius 3 is 2.49 bits per heavy atom. The molecule has 7 nitrogen and oxygen atoms in total. The van der Waals surface area contributed by atoms with E-state index in [-0.39, 0.29) is 11.5 Å². The number of carbonyl (C=O) groups is 1. The lowest BCUT2D eigenvalue weighted by Gasteiger charge is -2.28. The average Bonchev–Trinajstić information content (AvgIpc) is 3.39. The van der Waals surface area contributed by atoms with Gasteiger partial charge in [0.15, 0.2) is 5.82 Å². The Bertz CT molecular complexity index is 1730. The van der Waals surface area contributed by atoms with E-state index >= 15 is 0 Å². The molecule has 0 saturated carbocycles. The molecule has 39 heavy (non-hydrogen) atoms. The highest BCUT2D eigenvalue weighted by atomic mass is 32.1. The fourth-order valence-electron chi connectivity index (χ4n) is 4.94. The summed E-state index contributed by atoms with van der Waals surface area (Å²) in [6.45, 7) is 6.42. The van der Waals surface area contributed by atoms with Gasteiger partial charge in [0.05, 0.1) is 39.7 Å². The fraction of sp³-hybridized carbons (Fsp3) is 0.194. The highest BCUT2D eigenvalue weighted by Gasteiger charge is 2.23. The molecule has 0 spiro atoms. The molecule has 1 amide bonds. The third kappa shape index (κ3) is 4.96. The third-order valence-electron chi connectivity index (χ3n) is 6.78. The monoisotopic (exact) mass is 536 g/mol. The summed E-state index contributed by atoms with van der Waals surface area (Å²) in [5, 5.41) is 4.53. The van der Waals surface area contributed by atoms with Gasteiger partial charge in [-0.15, -0.1) is 11.3 Å². The number of thiophene rings is 1. The zero-order valence-electron chi connectivity index (χ0n) is 21.8. The van der Waals surface area contributed by atoms with Crippen molar-refractivity contribution >= 4 is 38.8 Å². The van der Waals surface area contributed by atoms with E-state index in [2.05, 4.69) is 16.3 Å². The lowest BCUT2D eigenvalue weighted by molar-refractivity contribution is -0.114. The lowest BCUT2D eigenvalue weighted by atomic mass is 10.1. The molecule has 0 bridgehead atoms. The van der Waals surface area contributed by atoms with Crippen molar-refractivity contribution in [2.45, 2.75) is 13.8 Å². The molecule has 3 aromatic carbocycles. The normalized spacial score (nSPS) is 13.5. The van der Waals surface area contributed by atoms with Crippen molar-refractivity contribution in [2.75, 3.05) is 36.5 Å². The maximum absolute atomic E-state index is 13.9. The summed E-state index contributed by atoms with van der Waals surface area (Å²) in [4.78, 5) is 33.7. The summed E-state index contributed by atoms with van der Waals surface area (Å²) in [6, 6.07) is 25.4. The third-order valence-corrected chi connectivity index (χ3v) is 7.97. The number of para-hydroxylation sites is 1. The standard InChI is InChI=1S/C31H28N4O3S/c1-20-6-5-7-24(18-20)35-29(33-27-9-4-3-8-25(27)30(35)37)28-19-26(31(39-28)34-14-16-38-17-15-34)22-10-12-23(13-11-22)32-21(2)36/h3-13,18-19H,14-17H2,1-2H3,(H,32,36). The highest BCUT2D eigenvalue weighted by molar-refractivity contribution is 7.20. The topological polar surface area (TPSA) is 76.5 Å². The molecule has 1 aliphatic heterocycles. The first kappa shape index (κ1) is 25.0. The minimum absolute atomic E-state index is 0.0938. The van der Waals surface area contributed by atoms with Crippen molar-refractivity contribution in [1.29, 1.82) is 0 Å². The summed E-state index contributed by atoms with van der Waals surface area (Å²) < 4.78 is 7.36. The van der Waals surface area contributed by atoms with Gasteiger partial charge in [-0.2, -0.15) is 0 Å². The van der Waals surface area contributed by atoms with Gasteiger partial charge in [0.25, 0.3) is 5.56 Å². The number of morpholine rings is 1. The van der Waals surface area contributed by atoms with Crippen LogP contribution in [0.15, 0.2) is 83.7 Å². The number of nitrogens with one attached hydrogen (secondary N) is 1. The van der Waals surface area contributed by atoms with Crippen LogP contribution in [0, 0.1) is 6.92 Å². The van der Waals surface area contributed by atoms with Gasteiger partial charge < -0.3 is 15.0 Å². The molecule has 1 saturated heterocycles. The van der Waals surface area contributed by atoms with Crippen LogP contribution in [-0.2, 0) is 9.53 Å². The van der Waals surface area contributed by atoms with Crippen LogP contribution in [-0.4, -0.2) is 41.8 Å². The van der Waals surface area contributed by atoms with Gasteiger partial charge in [0, 0.05) is 31.3 Å². The number of rotatable bonds is 5. The Morgan fingerprint density at radius 1 is 0.974 bits per heavy atom. The average molecular weight is 537 g/mol. The molecular formula is C31H28N4O3S. The number of amides is 1. The first-order chi connectivity index (χ1) is 19.0. The molecule has 1 aliphatic rings. The smallest absolute Gasteiger partial charge is 0.266 e. The fourth-order valence-corrected chi connectivity index (χ4v) is 6.15. The molecule has 2 aromatic heterocycles. The molecule has 3 heterocycles. The summed E-state index contributed by atoms with van der Waals surface area (Å²) in [5.41, 5.74) is 5.27. The van der Waals surface area contributed by atoms with Crippen molar-refractivity contribution in [3.63, 3.8) is 0 Å². The van der Waals surface area contributed by atoms with Crippen molar-refractivity contribution in [2.24, 2.45) is 0 Å². The van der Waals surface area contributed by atoms with Crippen LogP contribution in [0.2, 0.25) is 0 Å². The summed E-state index contributed by atoms with van der Waals surface area (Å²) in [6.07, 6.45) is 0. The number of nitrogens with zero attached hydrogens (tertiary/aromatic N) is 3. The molecule has 0 atom stereocenters. The predicted octanol–water partition coefficient (Wildman–Crippen LogP) is 5.88. The number of anilines is 2. The molecule has 5 aromatic rings. The highest BCUT2D eigenvalue weighted by Crippen LogP contribution is 2.43. The second kappa shape index (κ2) is 10.5. The van der Waals surface area contributed by atoms with Gasteiger partial charge in [-0.3, -0.25) is 14.2 Å². The van der Waals surface area contributed by atoms with Crippen LogP contribution in [0.1, 0.15) is 12.5 Å². The Kier molecular flexibility index (Phi) is 6.72. The summed E-state index contributed by atoms with van der Waals surface area (Å²) >= 11 is 1.64. The molecule has 1 N–H and O–H groups in total. The van der Waals surface area contributed by atoms with E-state index < -0.39 is 0 Å². The van der Waals surface area contributed by atoms with E-state index in [9.17, 15) is 9.59 Å². The zero-order valence-corrected chi connectivity index (χ0v) is 22.6. The number of benzene rings is 3. The Balaban J connectivity index is 1.56. The zero-order chi connectivity index (χ0) is 26.9. The van der Waals surface area contributed by atoms with Crippen LogP contribution in [0.25, 0.3) is 38.4 Å². The Labute approximate surface area is 230 Å². The van der Waals surface area contributed by atoms with E-state index in [1.54, 1.807) is 15.9 Å². The quantitative estimate of drug-likeness (QED) is 0.303. The molecule has 0 unspecified atom stereocenters. The molecule has 0 aliphatic carbocycles. The van der Waals surface area contributed by atoms with Crippen LogP contribution in [0.3, 0.4) is 0 Å². The van der Waals surface area contributed by atoms with Crippen LogP contribution >= 0.6 is 11.3 Å². The van der Waals surface area contributed by atoms with Gasteiger partial charge >= 0.3 is 0 Å². The van der Waals surface area contributed by atoms with Gasteiger partial charge in [0.1, 0.15) is 0 Å². The molecule has 1 fully saturated rings. The van der Waals surface area contributed by atoms with E-state index in [0.717, 1.165) is 51.0 Å². The molecule has 0 radical (unpaired) electrons. The maximum Gasteiger partial charge on any atom is 0.266 e. The van der Waals surface area contributed by atoms with Crippen molar-refractivity contribution < 1.29 is 9.53 Å². The number of fused-ring (bicyclic) bond motifs is 1. The predicted molar refractivity (Wildman–Crippen MR) is 158 cm³/mol. The molecule has 196 valence electrons. The number of aromatic nitrogens is 2. The summed E-state index contributed by atoms with van der Waals surface area (Å²) in [7, 11) is 0. The largest absolute Gasteiger partial charge is 0.378 e. The summed E-state index contributed by atoms with van der Waals surface area (Å²) in [5.74, 6) is 0.510. The number of carbonyl (C=O) groups excluding carboxylic acids is 1. The van der Waals surface area contributed by atoms with E-state index in [4.69, 9.17) is 9.72 Å². The first-order valence-corrected chi connectivity index (χ1v) is 13.7. The van der Waals surface area contributed by atoms with E-state index in [1.807, 2.05) is 79.7 Å². The van der Waals surface area contributed by atoms with Crippen LogP contribution in [0.5, 0.6) is 0 Å². The van der Waals surface area contributed by atoms with Gasteiger partial charge in [0.2, 0.25) is 5.91 Å². The second-order valence-electron chi connectivity index (χ2n) is 9.62.